The van der Waals surface area contributed by atoms with E-state index in [2.05, 4.69) is 25.4 Å². The fourth-order valence-electron chi connectivity index (χ4n) is 2.85. The van der Waals surface area contributed by atoms with Crippen LogP contribution in [0, 0.1) is 0 Å². The zero-order valence-corrected chi connectivity index (χ0v) is 14.4. The smallest absolute Gasteiger partial charge is 0.339 e. The van der Waals surface area contributed by atoms with Gasteiger partial charge in [-0.05, 0) is 36.4 Å². The van der Waals surface area contributed by atoms with Crippen LogP contribution >= 0.6 is 0 Å². The zero-order chi connectivity index (χ0) is 19.9. The largest absolute Gasteiger partial charge is 0.434 e. The van der Waals surface area contributed by atoms with E-state index in [1.54, 1.807) is 31.3 Å². The van der Waals surface area contributed by atoms with Gasteiger partial charge in [-0.2, -0.15) is 18.3 Å². The van der Waals surface area contributed by atoms with Crippen molar-refractivity contribution >= 4 is 22.8 Å². The summed E-state index contributed by atoms with van der Waals surface area (Å²) in [5, 5.41) is 7.17. The molecule has 7 nitrogen and oxygen atoms in total. The van der Waals surface area contributed by atoms with Crippen molar-refractivity contribution < 1.29 is 18.0 Å². The maximum Gasteiger partial charge on any atom is 0.434 e. The summed E-state index contributed by atoms with van der Waals surface area (Å²) in [6.45, 7) is 0. The standard InChI is InChI=1S/C18H13F3N6O/c1-27-13(6-8-23-27)17(28)26-14-5-4-10-9-12(24-16(10)25-14)11-3-2-7-22-15(11)18(19,20)21/h2-9H,1H3,(H2,24,25,26,28). The molecule has 0 saturated heterocycles. The number of halogens is 3. The number of H-pyrrole nitrogens is 1. The molecule has 0 aromatic carbocycles. The van der Waals surface area contributed by atoms with Crippen LogP contribution in [0.25, 0.3) is 22.3 Å². The molecule has 0 bridgehead atoms. The van der Waals surface area contributed by atoms with Gasteiger partial charge in [0.25, 0.3) is 5.91 Å². The number of hydrogen-bond donors (Lipinski definition) is 2. The number of aryl methyl sites for hydroxylation is 1. The Bertz CT molecular complexity index is 1180. The van der Waals surface area contributed by atoms with Gasteiger partial charge in [-0.3, -0.25) is 14.5 Å². The average molecular weight is 386 g/mol. The Labute approximate surface area is 156 Å². The van der Waals surface area contributed by atoms with Gasteiger partial charge in [0.1, 0.15) is 17.2 Å². The number of nitrogens with one attached hydrogen (secondary N) is 2. The van der Waals surface area contributed by atoms with Gasteiger partial charge >= 0.3 is 6.18 Å². The van der Waals surface area contributed by atoms with Crippen LogP contribution in [0.4, 0.5) is 19.0 Å². The summed E-state index contributed by atoms with van der Waals surface area (Å²) in [7, 11) is 1.63. The summed E-state index contributed by atoms with van der Waals surface area (Å²) in [6, 6.07) is 9.12. The van der Waals surface area contributed by atoms with Crippen LogP contribution in [0.1, 0.15) is 16.2 Å². The van der Waals surface area contributed by atoms with E-state index in [1.165, 1.54) is 23.0 Å². The lowest BCUT2D eigenvalue weighted by Crippen LogP contribution is -2.16. The average Bonchev–Trinajstić information content (AvgIpc) is 3.26. The molecular formula is C18H13F3N6O. The summed E-state index contributed by atoms with van der Waals surface area (Å²) in [5.41, 5.74) is -0.133. The van der Waals surface area contributed by atoms with Crippen molar-refractivity contribution in [2.24, 2.45) is 7.05 Å². The van der Waals surface area contributed by atoms with E-state index in [0.717, 1.165) is 6.20 Å². The second-order valence-electron chi connectivity index (χ2n) is 6.01. The fourth-order valence-corrected chi connectivity index (χ4v) is 2.85. The Morgan fingerprint density at radius 1 is 1.18 bits per heavy atom. The molecule has 0 fully saturated rings. The number of nitrogens with zero attached hydrogens (tertiary/aromatic N) is 4. The summed E-state index contributed by atoms with van der Waals surface area (Å²) in [4.78, 5) is 22.9. The fraction of sp³-hybridized carbons (Fsp3) is 0.111. The lowest BCUT2D eigenvalue weighted by molar-refractivity contribution is -0.140. The molecule has 0 atom stereocenters. The second-order valence-corrected chi connectivity index (χ2v) is 6.01. The van der Waals surface area contributed by atoms with Crippen molar-refractivity contribution in [2.75, 3.05) is 5.32 Å². The minimum atomic E-state index is -4.58. The lowest BCUT2D eigenvalue weighted by atomic mass is 10.1. The Morgan fingerprint density at radius 3 is 2.71 bits per heavy atom. The minimum Gasteiger partial charge on any atom is -0.339 e. The van der Waals surface area contributed by atoms with E-state index < -0.39 is 17.8 Å². The quantitative estimate of drug-likeness (QED) is 0.563. The molecule has 0 aliphatic rings. The monoisotopic (exact) mass is 386 g/mol. The van der Waals surface area contributed by atoms with Gasteiger partial charge in [0.05, 0.1) is 0 Å². The van der Waals surface area contributed by atoms with Crippen molar-refractivity contribution in [2.45, 2.75) is 6.18 Å². The molecule has 0 aliphatic heterocycles. The third-order valence-corrected chi connectivity index (χ3v) is 4.14. The van der Waals surface area contributed by atoms with Crippen LogP contribution in [-0.4, -0.2) is 30.6 Å². The van der Waals surface area contributed by atoms with Crippen LogP contribution in [0.2, 0.25) is 0 Å². The van der Waals surface area contributed by atoms with E-state index in [-0.39, 0.29) is 17.1 Å². The first-order valence-corrected chi connectivity index (χ1v) is 8.14. The van der Waals surface area contributed by atoms with E-state index in [1.807, 2.05) is 0 Å². The maximum absolute atomic E-state index is 13.2. The summed E-state index contributed by atoms with van der Waals surface area (Å²) < 4.78 is 41.1. The molecule has 10 heteroatoms. The molecule has 0 radical (unpaired) electrons. The van der Waals surface area contributed by atoms with E-state index in [9.17, 15) is 18.0 Å². The molecule has 4 heterocycles. The first-order chi connectivity index (χ1) is 13.3. The molecule has 0 aliphatic carbocycles. The Kier molecular flexibility index (Phi) is 4.10. The number of carbonyl (C=O) groups is 1. The molecule has 2 N–H and O–H groups in total. The molecule has 0 spiro atoms. The molecule has 1 amide bonds. The summed E-state index contributed by atoms with van der Waals surface area (Å²) >= 11 is 0. The van der Waals surface area contributed by atoms with Crippen molar-refractivity contribution in [1.29, 1.82) is 0 Å². The highest BCUT2D eigenvalue weighted by Gasteiger charge is 2.35. The number of fused-ring (bicyclic) bond motifs is 1. The predicted molar refractivity (Wildman–Crippen MR) is 95.5 cm³/mol. The Hall–Kier alpha value is -3.69. The van der Waals surface area contributed by atoms with Crippen molar-refractivity contribution in [3.8, 4) is 11.3 Å². The first kappa shape index (κ1) is 17.7. The van der Waals surface area contributed by atoms with Crippen molar-refractivity contribution in [3.63, 3.8) is 0 Å². The topological polar surface area (TPSA) is 88.5 Å². The zero-order valence-electron chi connectivity index (χ0n) is 14.4. The Balaban J connectivity index is 1.68. The number of hydrogen-bond acceptors (Lipinski definition) is 4. The first-order valence-electron chi connectivity index (χ1n) is 8.14. The summed E-state index contributed by atoms with van der Waals surface area (Å²) in [6.07, 6.45) is -1.99. The molecular weight excluding hydrogens is 373 g/mol. The molecule has 4 rings (SSSR count). The van der Waals surface area contributed by atoms with E-state index in [4.69, 9.17) is 0 Å². The molecule has 0 unspecified atom stereocenters. The Morgan fingerprint density at radius 2 is 2.00 bits per heavy atom. The van der Waals surface area contributed by atoms with Gasteiger partial charge < -0.3 is 10.3 Å². The lowest BCUT2D eigenvalue weighted by Gasteiger charge is -2.09. The number of pyridine rings is 2. The van der Waals surface area contributed by atoms with E-state index in [0.29, 0.717) is 16.7 Å². The minimum absolute atomic E-state index is 0.0755. The molecule has 28 heavy (non-hydrogen) atoms. The molecule has 4 aromatic rings. The van der Waals surface area contributed by atoms with Crippen LogP contribution in [-0.2, 0) is 13.2 Å². The number of rotatable bonds is 3. The van der Waals surface area contributed by atoms with E-state index >= 15 is 0 Å². The number of aromatic nitrogens is 5. The third kappa shape index (κ3) is 3.20. The molecule has 0 saturated carbocycles. The number of carbonyl (C=O) groups excluding carboxylic acids is 1. The number of alkyl halides is 3. The van der Waals surface area contributed by atoms with Gasteiger partial charge in [0, 0.05) is 36.1 Å². The number of aromatic amines is 1. The number of amides is 1. The highest BCUT2D eigenvalue weighted by molar-refractivity contribution is 6.03. The van der Waals surface area contributed by atoms with Crippen LogP contribution in [0.3, 0.4) is 0 Å². The van der Waals surface area contributed by atoms with Crippen LogP contribution in [0.15, 0.2) is 48.8 Å². The van der Waals surface area contributed by atoms with Gasteiger partial charge in [-0.15, -0.1) is 0 Å². The number of anilines is 1. The van der Waals surface area contributed by atoms with Gasteiger partial charge in [-0.25, -0.2) is 4.98 Å². The van der Waals surface area contributed by atoms with Gasteiger partial charge in [0.15, 0.2) is 5.69 Å². The van der Waals surface area contributed by atoms with Crippen molar-refractivity contribution in [1.82, 2.24) is 24.7 Å². The SMILES string of the molecule is Cn1nccc1C(=O)Nc1ccc2cc(-c3cccnc3C(F)(F)F)[nH]c2n1. The highest BCUT2D eigenvalue weighted by Crippen LogP contribution is 2.35. The molecule has 142 valence electrons. The van der Waals surface area contributed by atoms with Crippen LogP contribution < -0.4 is 5.32 Å². The second kappa shape index (κ2) is 6.48. The molecule has 4 aromatic heterocycles. The normalized spacial score (nSPS) is 11.7. The van der Waals surface area contributed by atoms with Crippen LogP contribution in [0.5, 0.6) is 0 Å². The van der Waals surface area contributed by atoms with Gasteiger partial charge in [0.2, 0.25) is 0 Å². The van der Waals surface area contributed by atoms with Crippen molar-refractivity contribution in [3.05, 3.63) is 60.2 Å². The maximum atomic E-state index is 13.2. The summed E-state index contributed by atoms with van der Waals surface area (Å²) in [5.74, 6) is -0.139. The third-order valence-electron chi connectivity index (χ3n) is 4.14. The van der Waals surface area contributed by atoms with Gasteiger partial charge in [-0.1, -0.05) is 0 Å². The predicted octanol–water partition coefficient (Wildman–Crippen LogP) is 3.63. The highest BCUT2D eigenvalue weighted by atomic mass is 19.4.